The van der Waals surface area contributed by atoms with Crippen LogP contribution in [-0.2, 0) is 4.74 Å². The minimum absolute atomic E-state index is 0.277. The average Bonchev–Trinajstić information content (AvgIpc) is 2.95. The van der Waals surface area contributed by atoms with E-state index in [4.69, 9.17) is 32.2 Å². The standard InChI is InChI=1S/C19H21NO3S/c1-12-3-7-14(8-4-12)21-17-11-16(18(20)24)23-19(17)22-15-9-5-13(2)6-10-15/h3-10,16-17,19H,11H2,1-2H3,(H2,20,24)/t16-,17+,19+/m1/s1. The van der Waals surface area contributed by atoms with Crippen LogP contribution in [0.15, 0.2) is 48.5 Å². The second kappa shape index (κ2) is 7.20. The second-order valence-corrected chi connectivity index (χ2v) is 6.50. The highest BCUT2D eigenvalue weighted by atomic mass is 32.1. The maximum Gasteiger partial charge on any atom is 0.237 e. The first-order valence-corrected chi connectivity index (χ1v) is 8.33. The summed E-state index contributed by atoms with van der Waals surface area (Å²) in [6.07, 6.45) is -0.605. The number of ether oxygens (including phenoxy) is 3. The van der Waals surface area contributed by atoms with Gasteiger partial charge in [0, 0.05) is 6.42 Å². The van der Waals surface area contributed by atoms with Gasteiger partial charge in [-0.15, -0.1) is 0 Å². The lowest BCUT2D eigenvalue weighted by molar-refractivity contribution is -0.0913. The first-order chi connectivity index (χ1) is 11.5. The summed E-state index contributed by atoms with van der Waals surface area (Å²) in [6, 6.07) is 15.7. The minimum atomic E-state index is -0.555. The Balaban J connectivity index is 1.74. The van der Waals surface area contributed by atoms with Crippen LogP contribution in [-0.4, -0.2) is 23.5 Å². The van der Waals surface area contributed by atoms with Gasteiger partial charge in [0.1, 0.15) is 22.6 Å². The van der Waals surface area contributed by atoms with Gasteiger partial charge in [0.05, 0.1) is 0 Å². The third-order valence-electron chi connectivity index (χ3n) is 3.95. The van der Waals surface area contributed by atoms with Gasteiger partial charge >= 0.3 is 0 Å². The fraction of sp³-hybridized carbons (Fsp3) is 0.316. The largest absolute Gasteiger partial charge is 0.484 e. The molecule has 2 N–H and O–H groups in total. The zero-order valence-electron chi connectivity index (χ0n) is 13.8. The van der Waals surface area contributed by atoms with E-state index in [9.17, 15) is 0 Å². The smallest absolute Gasteiger partial charge is 0.237 e. The van der Waals surface area contributed by atoms with Crippen molar-refractivity contribution < 1.29 is 14.2 Å². The third-order valence-corrected chi connectivity index (χ3v) is 4.21. The summed E-state index contributed by atoms with van der Waals surface area (Å²) in [6.45, 7) is 4.07. The molecule has 0 bridgehead atoms. The highest BCUT2D eigenvalue weighted by Crippen LogP contribution is 2.28. The van der Waals surface area contributed by atoms with Gasteiger partial charge < -0.3 is 19.9 Å². The van der Waals surface area contributed by atoms with Crippen LogP contribution in [0, 0.1) is 13.8 Å². The molecule has 1 aliphatic heterocycles. The molecule has 0 amide bonds. The fourth-order valence-electron chi connectivity index (χ4n) is 2.56. The number of aryl methyl sites for hydroxylation is 2. The summed E-state index contributed by atoms with van der Waals surface area (Å²) in [5, 5.41) is 0. The maximum absolute atomic E-state index is 6.05. The first kappa shape index (κ1) is 16.7. The first-order valence-electron chi connectivity index (χ1n) is 7.93. The van der Waals surface area contributed by atoms with Crippen molar-refractivity contribution in [2.75, 3.05) is 0 Å². The van der Waals surface area contributed by atoms with Crippen molar-refractivity contribution in [1.29, 1.82) is 0 Å². The van der Waals surface area contributed by atoms with Gasteiger partial charge in [0.2, 0.25) is 6.29 Å². The van der Waals surface area contributed by atoms with E-state index in [-0.39, 0.29) is 12.2 Å². The zero-order chi connectivity index (χ0) is 17.1. The Morgan fingerprint density at radius 1 is 0.958 bits per heavy atom. The monoisotopic (exact) mass is 343 g/mol. The lowest BCUT2D eigenvalue weighted by atomic mass is 10.2. The molecule has 0 unspecified atom stereocenters. The number of thiocarbonyl (C=S) groups is 1. The predicted molar refractivity (Wildman–Crippen MR) is 97.5 cm³/mol. The Kier molecular flexibility index (Phi) is 5.02. The molecule has 2 aromatic rings. The van der Waals surface area contributed by atoms with Gasteiger partial charge in [-0.2, -0.15) is 0 Å². The Labute approximate surface area is 147 Å². The molecule has 0 saturated carbocycles. The molecule has 2 aromatic carbocycles. The summed E-state index contributed by atoms with van der Waals surface area (Å²) < 4.78 is 17.9. The number of hydrogen-bond donors (Lipinski definition) is 1. The lowest BCUT2D eigenvalue weighted by Gasteiger charge is -2.21. The van der Waals surface area contributed by atoms with E-state index in [0.717, 1.165) is 11.5 Å². The van der Waals surface area contributed by atoms with Crippen LogP contribution in [0.4, 0.5) is 0 Å². The Morgan fingerprint density at radius 3 is 1.96 bits per heavy atom. The van der Waals surface area contributed by atoms with E-state index in [1.54, 1.807) is 0 Å². The molecule has 24 heavy (non-hydrogen) atoms. The van der Waals surface area contributed by atoms with Gasteiger partial charge in [0.25, 0.3) is 0 Å². The molecule has 0 aliphatic carbocycles. The Morgan fingerprint density at radius 2 is 1.46 bits per heavy atom. The topological polar surface area (TPSA) is 53.7 Å². The molecule has 0 spiro atoms. The van der Waals surface area contributed by atoms with Crippen molar-refractivity contribution in [3.05, 3.63) is 59.7 Å². The Hall–Kier alpha value is -2.11. The third kappa shape index (κ3) is 4.04. The molecule has 126 valence electrons. The summed E-state index contributed by atoms with van der Waals surface area (Å²) in [5.74, 6) is 1.50. The van der Waals surface area contributed by atoms with Crippen LogP contribution in [0.3, 0.4) is 0 Å². The fourth-order valence-corrected chi connectivity index (χ4v) is 2.71. The van der Waals surface area contributed by atoms with Crippen molar-refractivity contribution in [3.8, 4) is 11.5 Å². The van der Waals surface area contributed by atoms with Gasteiger partial charge in [0.15, 0.2) is 6.10 Å². The van der Waals surface area contributed by atoms with Crippen molar-refractivity contribution in [3.63, 3.8) is 0 Å². The molecular formula is C19H21NO3S. The van der Waals surface area contributed by atoms with Gasteiger partial charge in [-0.3, -0.25) is 0 Å². The summed E-state index contributed by atoms with van der Waals surface area (Å²) in [5.41, 5.74) is 8.09. The lowest BCUT2D eigenvalue weighted by Crippen LogP contribution is -2.32. The molecular weight excluding hydrogens is 322 g/mol. The van der Waals surface area contributed by atoms with Crippen LogP contribution >= 0.6 is 12.2 Å². The number of nitrogens with two attached hydrogens (primary N) is 1. The van der Waals surface area contributed by atoms with Crippen molar-refractivity contribution in [2.24, 2.45) is 5.73 Å². The van der Waals surface area contributed by atoms with Gasteiger partial charge in [-0.1, -0.05) is 47.6 Å². The van der Waals surface area contributed by atoms with E-state index in [1.807, 2.05) is 62.4 Å². The normalized spacial score (nSPS) is 23.0. The molecule has 1 fully saturated rings. The number of benzene rings is 2. The SMILES string of the molecule is Cc1ccc(O[C@H]2O[C@@H](C(N)=S)C[C@@H]2Oc2ccc(C)cc2)cc1. The summed E-state index contributed by atoms with van der Waals surface area (Å²) in [4.78, 5) is 0.322. The van der Waals surface area contributed by atoms with Crippen LogP contribution in [0.5, 0.6) is 11.5 Å². The molecule has 4 nitrogen and oxygen atoms in total. The zero-order valence-corrected chi connectivity index (χ0v) is 14.6. The predicted octanol–water partition coefficient (Wildman–Crippen LogP) is 3.53. The molecule has 0 aromatic heterocycles. The van der Waals surface area contributed by atoms with E-state index < -0.39 is 6.29 Å². The molecule has 3 rings (SSSR count). The minimum Gasteiger partial charge on any atom is -0.484 e. The van der Waals surface area contributed by atoms with Crippen molar-refractivity contribution in [1.82, 2.24) is 0 Å². The summed E-state index contributed by atoms with van der Waals surface area (Å²) >= 11 is 5.07. The van der Waals surface area contributed by atoms with E-state index in [1.165, 1.54) is 11.1 Å². The molecule has 1 heterocycles. The summed E-state index contributed by atoms with van der Waals surface area (Å²) in [7, 11) is 0. The maximum atomic E-state index is 6.05. The molecule has 1 aliphatic rings. The van der Waals surface area contributed by atoms with Gasteiger partial charge in [-0.05, 0) is 38.1 Å². The van der Waals surface area contributed by atoms with Crippen LogP contribution in [0.1, 0.15) is 17.5 Å². The Bertz CT molecular complexity index is 644. The molecule has 1 saturated heterocycles. The van der Waals surface area contributed by atoms with Crippen molar-refractivity contribution >= 4 is 17.2 Å². The quantitative estimate of drug-likeness (QED) is 0.842. The van der Waals surface area contributed by atoms with Crippen LogP contribution < -0.4 is 15.2 Å². The number of rotatable bonds is 5. The van der Waals surface area contributed by atoms with E-state index >= 15 is 0 Å². The van der Waals surface area contributed by atoms with Crippen LogP contribution in [0.2, 0.25) is 0 Å². The highest BCUT2D eigenvalue weighted by Gasteiger charge is 2.40. The molecule has 3 atom stereocenters. The number of hydrogen-bond acceptors (Lipinski definition) is 4. The van der Waals surface area contributed by atoms with Crippen LogP contribution in [0.25, 0.3) is 0 Å². The van der Waals surface area contributed by atoms with E-state index in [0.29, 0.717) is 11.4 Å². The highest BCUT2D eigenvalue weighted by molar-refractivity contribution is 7.80. The molecule has 5 heteroatoms. The van der Waals surface area contributed by atoms with Crippen molar-refractivity contribution in [2.45, 2.75) is 38.8 Å². The molecule has 0 radical (unpaired) electrons. The van der Waals surface area contributed by atoms with Gasteiger partial charge in [-0.25, -0.2) is 0 Å². The average molecular weight is 343 g/mol. The van der Waals surface area contributed by atoms with E-state index in [2.05, 4.69) is 0 Å². The second-order valence-electron chi connectivity index (χ2n) is 6.03.